The van der Waals surface area contributed by atoms with Crippen molar-refractivity contribution in [1.29, 1.82) is 5.26 Å². The first-order valence-electron chi connectivity index (χ1n) is 7.31. The second-order valence-electron chi connectivity index (χ2n) is 5.09. The van der Waals surface area contributed by atoms with Gasteiger partial charge in [-0.1, -0.05) is 42.3 Å². The Labute approximate surface area is 132 Å². The molecule has 2 aromatic rings. The quantitative estimate of drug-likeness (QED) is 0.754. The fraction of sp³-hybridized carbons (Fsp3) is 0.250. The predicted octanol–water partition coefficient (Wildman–Crippen LogP) is 4.59. The van der Waals surface area contributed by atoms with E-state index in [1.165, 1.54) is 11.1 Å². The zero-order valence-corrected chi connectivity index (χ0v) is 13.0. The summed E-state index contributed by atoms with van der Waals surface area (Å²) in [5.41, 5.74) is 3.47. The Morgan fingerprint density at radius 1 is 1.09 bits per heavy atom. The summed E-state index contributed by atoms with van der Waals surface area (Å²) in [7, 11) is 0. The smallest absolute Gasteiger partial charge is 0.119 e. The van der Waals surface area contributed by atoms with E-state index < -0.39 is 0 Å². The second kappa shape index (κ2) is 7.91. The maximum absolute atomic E-state index is 8.87. The van der Waals surface area contributed by atoms with Crippen LogP contribution in [0.15, 0.2) is 48.5 Å². The van der Waals surface area contributed by atoms with Crippen LogP contribution in [0, 0.1) is 30.1 Å². The van der Waals surface area contributed by atoms with Crippen molar-refractivity contribution in [3.05, 3.63) is 65.2 Å². The Morgan fingerprint density at radius 2 is 1.82 bits per heavy atom. The molecule has 1 atom stereocenters. The van der Waals surface area contributed by atoms with Crippen LogP contribution in [0.1, 0.15) is 36.0 Å². The second-order valence-corrected chi connectivity index (χ2v) is 5.09. The maximum Gasteiger partial charge on any atom is 0.119 e. The minimum absolute atomic E-state index is 0.0274. The lowest BCUT2D eigenvalue weighted by Crippen LogP contribution is -1.99. The topological polar surface area (TPSA) is 33.0 Å². The van der Waals surface area contributed by atoms with Crippen LogP contribution in [-0.4, -0.2) is 0 Å². The molecule has 0 heterocycles. The highest BCUT2D eigenvalue weighted by Crippen LogP contribution is 2.22. The fourth-order valence-corrected chi connectivity index (χ4v) is 2.25. The summed E-state index contributed by atoms with van der Waals surface area (Å²) in [6.07, 6.45) is 0.407. The number of nitrogens with zero attached hydrogens (tertiary/aromatic N) is 1. The number of hydrogen-bond donors (Lipinski definition) is 0. The molecular weight excluding hydrogens is 270 g/mol. The summed E-state index contributed by atoms with van der Waals surface area (Å²) in [5, 5.41) is 8.87. The third-order valence-electron chi connectivity index (χ3n) is 3.55. The molecule has 0 aliphatic heterocycles. The van der Waals surface area contributed by atoms with Crippen molar-refractivity contribution in [1.82, 2.24) is 0 Å². The van der Waals surface area contributed by atoms with E-state index in [-0.39, 0.29) is 5.92 Å². The summed E-state index contributed by atoms with van der Waals surface area (Å²) >= 11 is 0. The van der Waals surface area contributed by atoms with E-state index >= 15 is 0 Å². The lowest BCUT2D eigenvalue weighted by Gasteiger charge is -2.11. The van der Waals surface area contributed by atoms with Gasteiger partial charge in [0.05, 0.1) is 18.4 Å². The van der Waals surface area contributed by atoms with Crippen LogP contribution in [0.25, 0.3) is 0 Å². The predicted molar refractivity (Wildman–Crippen MR) is 88.4 cm³/mol. The highest BCUT2D eigenvalue weighted by molar-refractivity contribution is 5.34. The number of ether oxygens (including phenoxy) is 1. The van der Waals surface area contributed by atoms with E-state index in [0.717, 1.165) is 11.3 Å². The molecule has 0 bridgehead atoms. The Balaban J connectivity index is 2.04. The number of aryl methyl sites for hydroxylation is 1. The Hall–Kier alpha value is -2.71. The van der Waals surface area contributed by atoms with Crippen LogP contribution >= 0.6 is 0 Å². The van der Waals surface area contributed by atoms with Crippen molar-refractivity contribution in [2.45, 2.75) is 32.8 Å². The minimum Gasteiger partial charge on any atom is -0.489 e. The Kier molecular flexibility index (Phi) is 5.64. The average molecular weight is 289 g/mol. The minimum atomic E-state index is -0.0274. The van der Waals surface area contributed by atoms with Gasteiger partial charge in [-0.15, -0.1) is 5.92 Å². The molecule has 0 fully saturated rings. The molecule has 110 valence electrons. The van der Waals surface area contributed by atoms with Gasteiger partial charge in [0.25, 0.3) is 0 Å². The monoisotopic (exact) mass is 289 g/mol. The molecule has 2 heteroatoms. The SMILES string of the molecule is CC#C[C@H](CC#N)c1ccc(OCc2ccccc2C)cc1. The highest BCUT2D eigenvalue weighted by Gasteiger charge is 2.08. The molecule has 0 aliphatic rings. The normalized spacial score (nSPS) is 11.0. The van der Waals surface area contributed by atoms with Crippen LogP contribution in [0.2, 0.25) is 0 Å². The summed E-state index contributed by atoms with van der Waals surface area (Å²) in [5.74, 6) is 6.76. The first-order valence-corrected chi connectivity index (χ1v) is 7.31. The van der Waals surface area contributed by atoms with Gasteiger partial charge in [-0.3, -0.25) is 0 Å². The molecule has 2 nitrogen and oxygen atoms in total. The van der Waals surface area contributed by atoms with E-state index in [0.29, 0.717) is 13.0 Å². The summed E-state index contributed by atoms with van der Waals surface area (Å²) in [4.78, 5) is 0. The number of benzene rings is 2. The van der Waals surface area contributed by atoms with Gasteiger partial charge in [0.1, 0.15) is 12.4 Å². The van der Waals surface area contributed by atoms with Crippen molar-refractivity contribution in [2.24, 2.45) is 0 Å². The standard InChI is InChI=1S/C20H19NO/c1-3-6-17(13-14-21)18-9-11-20(12-10-18)22-15-19-8-5-4-7-16(19)2/h4-5,7-12,17H,13,15H2,1-2H3/t17-/m1/s1. The molecule has 0 aromatic heterocycles. The fourth-order valence-electron chi connectivity index (χ4n) is 2.25. The number of rotatable bonds is 5. The Bertz CT molecular complexity index is 714. The molecule has 0 radical (unpaired) electrons. The third-order valence-corrected chi connectivity index (χ3v) is 3.55. The van der Waals surface area contributed by atoms with E-state index in [1.54, 1.807) is 6.92 Å². The van der Waals surface area contributed by atoms with E-state index in [1.807, 2.05) is 36.4 Å². The zero-order valence-electron chi connectivity index (χ0n) is 13.0. The molecule has 0 saturated carbocycles. The number of hydrogen-bond acceptors (Lipinski definition) is 2. The third kappa shape index (κ3) is 4.14. The molecule has 22 heavy (non-hydrogen) atoms. The molecular formula is C20H19NO. The summed E-state index contributed by atoms with van der Waals surface area (Å²) in [6, 6.07) is 18.2. The molecule has 2 aromatic carbocycles. The molecule has 0 saturated heterocycles. The summed E-state index contributed by atoms with van der Waals surface area (Å²) in [6.45, 7) is 4.43. The van der Waals surface area contributed by atoms with Gasteiger partial charge >= 0.3 is 0 Å². The van der Waals surface area contributed by atoms with E-state index in [9.17, 15) is 0 Å². The maximum atomic E-state index is 8.87. The van der Waals surface area contributed by atoms with Gasteiger partial charge in [0, 0.05) is 0 Å². The van der Waals surface area contributed by atoms with Gasteiger partial charge in [-0.25, -0.2) is 0 Å². The first-order chi connectivity index (χ1) is 10.7. The van der Waals surface area contributed by atoms with Crippen molar-refractivity contribution < 1.29 is 4.74 Å². The van der Waals surface area contributed by atoms with Gasteiger partial charge in [-0.2, -0.15) is 5.26 Å². The molecule has 0 amide bonds. The highest BCUT2D eigenvalue weighted by atomic mass is 16.5. The molecule has 0 N–H and O–H groups in total. The molecule has 2 rings (SSSR count). The van der Waals surface area contributed by atoms with Crippen LogP contribution in [0.4, 0.5) is 0 Å². The van der Waals surface area contributed by atoms with Crippen molar-refractivity contribution in [2.75, 3.05) is 0 Å². The van der Waals surface area contributed by atoms with Crippen molar-refractivity contribution >= 4 is 0 Å². The van der Waals surface area contributed by atoms with Gasteiger partial charge in [-0.05, 0) is 42.7 Å². The Morgan fingerprint density at radius 3 is 2.45 bits per heavy atom. The van der Waals surface area contributed by atoms with Gasteiger partial charge in [0.2, 0.25) is 0 Å². The van der Waals surface area contributed by atoms with Gasteiger partial charge in [0.15, 0.2) is 0 Å². The lowest BCUT2D eigenvalue weighted by atomic mass is 9.97. The first kappa shape index (κ1) is 15.7. The molecule has 0 unspecified atom stereocenters. The van der Waals surface area contributed by atoms with Crippen molar-refractivity contribution in [3.8, 4) is 23.7 Å². The van der Waals surface area contributed by atoms with Crippen LogP contribution in [0.3, 0.4) is 0 Å². The molecule has 0 spiro atoms. The average Bonchev–Trinajstić information content (AvgIpc) is 2.54. The van der Waals surface area contributed by atoms with Crippen LogP contribution < -0.4 is 4.74 Å². The van der Waals surface area contributed by atoms with Crippen molar-refractivity contribution in [3.63, 3.8) is 0 Å². The number of nitriles is 1. The van der Waals surface area contributed by atoms with E-state index in [2.05, 4.69) is 37.0 Å². The zero-order chi connectivity index (χ0) is 15.8. The van der Waals surface area contributed by atoms with Gasteiger partial charge < -0.3 is 4.74 Å². The summed E-state index contributed by atoms with van der Waals surface area (Å²) < 4.78 is 5.83. The molecule has 0 aliphatic carbocycles. The largest absolute Gasteiger partial charge is 0.489 e. The van der Waals surface area contributed by atoms with Crippen LogP contribution in [-0.2, 0) is 6.61 Å². The van der Waals surface area contributed by atoms with Crippen LogP contribution in [0.5, 0.6) is 5.75 Å². The lowest BCUT2D eigenvalue weighted by molar-refractivity contribution is 0.305. The van der Waals surface area contributed by atoms with E-state index in [4.69, 9.17) is 10.00 Å².